The molecule has 15 heavy (non-hydrogen) atoms. The third-order valence-electron chi connectivity index (χ3n) is 2.16. The number of hydrogen-bond acceptors (Lipinski definition) is 5. The third-order valence-corrected chi connectivity index (χ3v) is 5.09. The molecule has 0 radical (unpaired) electrons. The Bertz CT molecular complexity index is 155. The van der Waals surface area contributed by atoms with Gasteiger partial charge in [0.25, 0.3) is 0 Å². The summed E-state index contributed by atoms with van der Waals surface area (Å²) in [4.78, 5) is 1.88. The minimum Gasteiger partial charge on any atom is -0.395 e. The van der Waals surface area contributed by atoms with Gasteiger partial charge in [0, 0.05) is 26.8 Å². The van der Waals surface area contributed by atoms with Crippen LogP contribution in [0.25, 0.3) is 0 Å². The first-order valence-corrected chi connectivity index (χ1v) is 7.11. The Morgan fingerprint density at radius 2 is 1.87 bits per heavy atom. The van der Waals surface area contributed by atoms with Gasteiger partial charge in [-0.15, -0.1) is 0 Å². The molecule has 0 aromatic heterocycles. The van der Waals surface area contributed by atoms with E-state index in [0.29, 0.717) is 13.3 Å². The van der Waals surface area contributed by atoms with Crippen molar-refractivity contribution in [2.75, 3.05) is 41.1 Å². The highest BCUT2D eigenvalue weighted by molar-refractivity contribution is 6.60. The van der Waals surface area contributed by atoms with Crippen molar-refractivity contribution in [3.05, 3.63) is 0 Å². The maximum Gasteiger partial charge on any atom is 0.501 e. The first-order valence-electron chi connectivity index (χ1n) is 5.17. The van der Waals surface area contributed by atoms with Gasteiger partial charge in [0.1, 0.15) is 0 Å². The number of hydrogen-bond donors (Lipinski definition) is 1. The second kappa shape index (κ2) is 8.20. The van der Waals surface area contributed by atoms with Gasteiger partial charge >= 0.3 is 8.80 Å². The van der Waals surface area contributed by atoms with Crippen LogP contribution >= 0.6 is 0 Å². The summed E-state index contributed by atoms with van der Waals surface area (Å²) in [6.45, 7) is 3.21. The van der Waals surface area contributed by atoms with E-state index in [9.17, 15) is 0 Å². The molecule has 0 spiro atoms. The van der Waals surface area contributed by atoms with E-state index in [4.69, 9.17) is 18.4 Å². The van der Waals surface area contributed by atoms with Gasteiger partial charge in [0.2, 0.25) is 0 Å². The molecule has 0 bridgehead atoms. The quantitative estimate of drug-likeness (QED) is 0.468. The molecule has 0 aromatic rings. The molecule has 6 heteroatoms. The zero-order chi connectivity index (χ0) is 11.7. The van der Waals surface area contributed by atoms with E-state index in [-0.39, 0.29) is 6.61 Å². The van der Waals surface area contributed by atoms with Gasteiger partial charge < -0.3 is 18.4 Å². The fourth-order valence-corrected chi connectivity index (χ4v) is 3.21. The predicted octanol–water partition coefficient (Wildman–Crippen LogP) is 0.526. The molecule has 0 aromatic carbocycles. The van der Waals surface area contributed by atoms with Gasteiger partial charge in [-0.25, -0.2) is 0 Å². The maximum atomic E-state index is 8.74. The molecule has 0 atom stereocenters. The first-order chi connectivity index (χ1) is 7.14. The van der Waals surface area contributed by atoms with Crippen molar-refractivity contribution >= 4 is 8.80 Å². The number of aliphatic hydroxyl groups is 1. The van der Waals surface area contributed by atoms with E-state index < -0.39 is 8.80 Å². The Kier molecular flexibility index (Phi) is 8.21. The average molecular weight is 237 g/mol. The number of rotatable bonds is 9. The van der Waals surface area contributed by atoms with Crippen LogP contribution < -0.4 is 0 Å². The first kappa shape index (κ1) is 15.0. The van der Waals surface area contributed by atoms with Crippen LogP contribution in [0.5, 0.6) is 0 Å². The predicted molar refractivity (Wildman–Crippen MR) is 60.5 cm³/mol. The molecule has 0 aliphatic rings. The second-order valence-corrected chi connectivity index (χ2v) is 6.39. The molecule has 5 nitrogen and oxygen atoms in total. The van der Waals surface area contributed by atoms with Gasteiger partial charge in [-0.2, -0.15) is 0 Å². The fourth-order valence-electron chi connectivity index (χ4n) is 1.23. The Morgan fingerprint density at radius 3 is 2.27 bits per heavy atom. The second-order valence-electron chi connectivity index (χ2n) is 3.42. The highest BCUT2D eigenvalue weighted by Gasteiger charge is 2.38. The average Bonchev–Trinajstić information content (AvgIpc) is 2.25. The van der Waals surface area contributed by atoms with Crippen LogP contribution in [0, 0.1) is 0 Å². The van der Waals surface area contributed by atoms with Crippen molar-refractivity contribution in [1.29, 1.82) is 0 Å². The van der Waals surface area contributed by atoms with E-state index >= 15 is 0 Å². The standard InChI is InChI=1S/C9H23NO4Si/c1-5-8-15(12-3,13-4)14-9-10(2)6-7-11/h11H,5-9H2,1-4H3. The minimum atomic E-state index is -2.46. The summed E-state index contributed by atoms with van der Waals surface area (Å²) in [5, 5.41) is 8.74. The van der Waals surface area contributed by atoms with Crippen molar-refractivity contribution in [1.82, 2.24) is 4.90 Å². The summed E-state index contributed by atoms with van der Waals surface area (Å²) >= 11 is 0. The molecule has 1 N–H and O–H groups in total. The number of aliphatic hydroxyl groups excluding tert-OH is 1. The monoisotopic (exact) mass is 237 g/mol. The zero-order valence-corrected chi connectivity index (χ0v) is 11.2. The van der Waals surface area contributed by atoms with E-state index in [2.05, 4.69) is 6.92 Å². The summed E-state index contributed by atoms with van der Waals surface area (Å²) in [7, 11) is 2.67. The number of nitrogens with zero attached hydrogens (tertiary/aromatic N) is 1. The van der Waals surface area contributed by atoms with Crippen molar-refractivity contribution in [3.63, 3.8) is 0 Å². The topological polar surface area (TPSA) is 51.2 Å². The van der Waals surface area contributed by atoms with Gasteiger partial charge in [-0.1, -0.05) is 13.3 Å². The largest absolute Gasteiger partial charge is 0.501 e. The third kappa shape index (κ3) is 5.60. The van der Waals surface area contributed by atoms with Crippen molar-refractivity contribution in [3.8, 4) is 0 Å². The van der Waals surface area contributed by atoms with Crippen LogP contribution in [-0.2, 0) is 13.3 Å². The van der Waals surface area contributed by atoms with Crippen molar-refractivity contribution < 1.29 is 18.4 Å². The highest BCUT2D eigenvalue weighted by Crippen LogP contribution is 2.15. The molecule has 0 rings (SSSR count). The molecule has 0 aliphatic heterocycles. The Hall–Kier alpha value is 0.0169. The van der Waals surface area contributed by atoms with Crippen LogP contribution in [0.3, 0.4) is 0 Å². The van der Waals surface area contributed by atoms with Crippen LogP contribution in [-0.4, -0.2) is 60.0 Å². The maximum absolute atomic E-state index is 8.74. The lowest BCUT2D eigenvalue weighted by molar-refractivity contribution is 0.0413. The Balaban J connectivity index is 4.04. The Labute approximate surface area is 93.3 Å². The normalized spacial score (nSPS) is 12.4. The van der Waals surface area contributed by atoms with E-state index in [1.165, 1.54) is 0 Å². The summed E-state index contributed by atoms with van der Waals surface area (Å²) in [5.74, 6) is 0. The van der Waals surface area contributed by atoms with Crippen molar-refractivity contribution in [2.24, 2.45) is 0 Å². The SMILES string of the molecule is CCC[Si](OC)(OC)OCN(C)CCO. The van der Waals surface area contributed by atoms with E-state index in [0.717, 1.165) is 12.5 Å². The Morgan fingerprint density at radius 1 is 1.27 bits per heavy atom. The molecule has 0 aliphatic carbocycles. The highest BCUT2D eigenvalue weighted by atomic mass is 28.4. The van der Waals surface area contributed by atoms with Gasteiger partial charge in [-0.3, -0.25) is 4.90 Å². The lowest BCUT2D eigenvalue weighted by atomic mass is 10.6. The number of likely N-dealkylation sites (N-methyl/N-ethyl adjacent to an activating group) is 1. The lowest BCUT2D eigenvalue weighted by Gasteiger charge is -2.28. The van der Waals surface area contributed by atoms with Crippen LogP contribution in [0.15, 0.2) is 0 Å². The fraction of sp³-hybridized carbons (Fsp3) is 1.00. The smallest absolute Gasteiger partial charge is 0.395 e. The van der Waals surface area contributed by atoms with Crippen LogP contribution in [0.1, 0.15) is 13.3 Å². The van der Waals surface area contributed by atoms with Crippen LogP contribution in [0.4, 0.5) is 0 Å². The molecule has 0 saturated heterocycles. The molecule has 0 amide bonds. The zero-order valence-electron chi connectivity index (χ0n) is 10.2. The molecule has 92 valence electrons. The lowest BCUT2D eigenvalue weighted by Crippen LogP contribution is -2.46. The van der Waals surface area contributed by atoms with E-state index in [1.54, 1.807) is 14.2 Å². The molecule has 0 saturated carbocycles. The van der Waals surface area contributed by atoms with Crippen LogP contribution in [0.2, 0.25) is 6.04 Å². The summed E-state index contributed by atoms with van der Waals surface area (Å²) in [5.41, 5.74) is 0. The van der Waals surface area contributed by atoms with Gasteiger partial charge in [0.15, 0.2) is 0 Å². The molecule has 0 unspecified atom stereocenters. The van der Waals surface area contributed by atoms with Gasteiger partial charge in [0.05, 0.1) is 13.3 Å². The van der Waals surface area contributed by atoms with Gasteiger partial charge in [-0.05, 0) is 7.05 Å². The molecular weight excluding hydrogens is 214 g/mol. The van der Waals surface area contributed by atoms with Crippen molar-refractivity contribution in [2.45, 2.75) is 19.4 Å². The molecule has 0 fully saturated rings. The summed E-state index contributed by atoms with van der Waals surface area (Å²) in [6, 6.07) is 0.812. The molecule has 0 heterocycles. The molecular formula is C9H23NO4Si. The summed E-state index contributed by atoms with van der Waals surface area (Å²) < 4.78 is 16.4. The van der Waals surface area contributed by atoms with E-state index in [1.807, 2.05) is 11.9 Å². The summed E-state index contributed by atoms with van der Waals surface area (Å²) in [6.07, 6.45) is 0.970. The minimum absolute atomic E-state index is 0.127.